The molecular weight excluding hydrogens is 450 g/mol. The van der Waals surface area contributed by atoms with E-state index in [1.165, 1.54) is 4.90 Å². The standard InChI is InChI=1S/C27H29NO7/c1-31-21-10-6-19(7-11-21)25-27(30,20-8-12-22(32-2)13-9-20)28(26(29)35-25)16-15-18-5-14-23(33-3)24(17-18)34-4/h5-14,17,25,30H,15-16H2,1-4H3/t25-,27-/m0/s1. The molecule has 1 saturated heterocycles. The zero-order chi connectivity index (χ0) is 25.0. The number of hydrogen-bond acceptors (Lipinski definition) is 7. The zero-order valence-corrected chi connectivity index (χ0v) is 20.2. The Labute approximate surface area is 204 Å². The van der Waals surface area contributed by atoms with E-state index in [0.717, 1.165) is 5.56 Å². The summed E-state index contributed by atoms with van der Waals surface area (Å²) in [5, 5.41) is 12.1. The summed E-state index contributed by atoms with van der Waals surface area (Å²) in [7, 11) is 6.29. The first-order valence-corrected chi connectivity index (χ1v) is 11.1. The summed E-state index contributed by atoms with van der Waals surface area (Å²) >= 11 is 0. The lowest BCUT2D eigenvalue weighted by atomic mass is 9.91. The van der Waals surface area contributed by atoms with Gasteiger partial charge in [0.15, 0.2) is 17.6 Å². The number of ether oxygens (including phenoxy) is 5. The fourth-order valence-electron chi connectivity index (χ4n) is 4.29. The van der Waals surface area contributed by atoms with E-state index in [1.54, 1.807) is 77.0 Å². The van der Waals surface area contributed by atoms with Crippen LogP contribution in [-0.2, 0) is 16.9 Å². The third-order valence-electron chi connectivity index (χ3n) is 6.22. The van der Waals surface area contributed by atoms with Crippen LogP contribution in [0.15, 0.2) is 66.7 Å². The van der Waals surface area contributed by atoms with Crippen molar-refractivity contribution in [3.63, 3.8) is 0 Å². The van der Waals surface area contributed by atoms with Crippen molar-refractivity contribution < 1.29 is 33.6 Å². The molecule has 1 fully saturated rings. The lowest BCUT2D eigenvalue weighted by molar-refractivity contribution is -0.109. The molecule has 8 heteroatoms. The summed E-state index contributed by atoms with van der Waals surface area (Å²) < 4.78 is 27.0. The predicted molar refractivity (Wildman–Crippen MR) is 129 cm³/mol. The van der Waals surface area contributed by atoms with Crippen LogP contribution in [0.2, 0.25) is 0 Å². The number of nitrogens with zero attached hydrogens (tertiary/aromatic N) is 1. The molecule has 1 heterocycles. The smallest absolute Gasteiger partial charge is 0.413 e. The fourth-order valence-corrected chi connectivity index (χ4v) is 4.29. The Morgan fingerprint density at radius 3 is 2.00 bits per heavy atom. The van der Waals surface area contributed by atoms with Gasteiger partial charge in [0, 0.05) is 12.1 Å². The summed E-state index contributed by atoms with van der Waals surface area (Å²) in [6.07, 6.45) is -1.09. The Balaban J connectivity index is 1.69. The quantitative estimate of drug-likeness (QED) is 0.490. The van der Waals surface area contributed by atoms with Gasteiger partial charge < -0.3 is 28.8 Å². The summed E-state index contributed by atoms with van der Waals surface area (Å²) in [5.41, 5.74) is 0.331. The highest BCUT2D eigenvalue weighted by atomic mass is 16.6. The average Bonchev–Trinajstić information content (AvgIpc) is 3.17. The van der Waals surface area contributed by atoms with Crippen molar-refractivity contribution in [3.8, 4) is 23.0 Å². The molecule has 0 radical (unpaired) electrons. The molecule has 0 aromatic heterocycles. The number of carbonyl (C=O) groups excluding carboxylic acids is 1. The number of cyclic esters (lactones) is 1. The maximum atomic E-state index is 13.1. The van der Waals surface area contributed by atoms with Gasteiger partial charge in [-0.1, -0.05) is 30.3 Å². The molecule has 8 nitrogen and oxygen atoms in total. The topological polar surface area (TPSA) is 86.7 Å². The second kappa shape index (κ2) is 10.1. The van der Waals surface area contributed by atoms with Gasteiger partial charge in [-0.05, 0) is 53.9 Å². The highest BCUT2D eigenvalue weighted by Crippen LogP contribution is 2.47. The van der Waals surface area contributed by atoms with Crippen LogP contribution in [-0.4, -0.2) is 51.1 Å². The van der Waals surface area contributed by atoms with Gasteiger partial charge in [-0.15, -0.1) is 0 Å². The van der Waals surface area contributed by atoms with Gasteiger partial charge in [0.25, 0.3) is 0 Å². The maximum Gasteiger partial charge on any atom is 0.413 e. The van der Waals surface area contributed by atoms with E-state index in [0.29, 0.717) is 40.5 Å². The molecule has 0 spiro atoms. The van der Waals surface area contributed by atoms with Gasteiger partial charge in [0.2, 0.25) is 5.72 Å². The minimum absolute atomic E-state index is 0.212. The van der Waals surface area contributed by atoms with Crippen molar-refractivity contribution in [2.75, 3.05) is 35.0 Å². The van der Waals surface area contributed by atoms with Crippen LogP contribution in [0.3, 0.4) is 0 Å². The number of aliphatic hydroxyl groups is 1. The largest absolute Gasteiger partial charge is 0.497 e. The first kappa shape index (κ1) is 24.2. The SMILES string of the molecule is COc1ccc([C@@H]2OC(=O)N(CCc3ccc(OC)c(OC)c3)[C@]2(O)c2ccc(OC)cc2)cc1. The van der Waals surface area contributed by atoms with Gasteiger partial charge in [0.05, 0.1) is 28.4 Å². The number of hydrogen-bond donors (Lipinski definition) is 1. The van der Waals surface area contributed by atoms with Crippen molar-refractivity contribution in [2.24, 2.45) is 0 Å². The molecule has 3 aromatic carbocycles. The van der Waals surface area contributed by atoms with Gasteiger partial charge in [0.1, 0.15) is 11.5 Å². The van der Waals surface area contributed by atoms with E-state index in [-0.39, 0.29) is 6.54 Å². The third kappa shape index (κ3) is 4.57. The number of rotatable bonds is 9. The molecule has 184 valence electrons. The van der Waals surface area contributed by atoms with Crippen molar-refractivity contribution in [1.29, 1.82) is 0 Å². The van der Waals surface area contributed by atoms with Gasteiger partial charge >= 0.3 is 6.09 Å². The minimum atomic E-state index is -1.74. The second-order valence-corrected chi connectivity index (χ2v) is 8.08. The molecule has 1 aliphatic rings. The summed E-state index contributed by atoms with van der Waals surface area (Å²) in [4.78, 5) is 14.4. The van der Waals surface area contributed by atoms with Crippen LogP contribution < -0.4 is 18.9 Å². The minimum Gasteiger partial charge on any atom is -0.497 e. The fraction of sp³-hybridized carbons (Fsp3) is 0.296. The molecule has 0 unspecified atom stereocenters. The van der Waals surface area contributed by atoms with Crippen molar-refractivity contribution in [3.05, 3.63) is 83.4 Å². The Hall–Kier alpha value is -3.91. The maximum absolute atomic E-state index is 13.1. The monoisotopic (exact) mass is 479 g/mol. The van der Waals surface area contributed by atoms with Crippen LogP contribution in [0.5, 0.6) is 23.0 Å². The van der Waals surface area contributed by atoms with Gasteiger partial charge in [-0.3, -0.25) is 4.90 Å². The van der Waals surface area contributed by atoms with E-state index >= 15 is 0 Å². The molecule has 2 atom stereocenters. The Morgan fingerprint density at radius 1 is 0.829 bits per heavy atom. The summed E-state index contributed by atoms with van der Waals surface area (Å²) in [5.74, 6) is 2.51. The van der Waals surface area contributed by atoms with Crippen LogP contribution in [0.1, 0.15) is 22.8 Å². The molecule has 1 amide bonds. The van der Waals surface area contributed by atoms with Crippen molar-refractivity contribution in [1.82, 2.24) is 4.90 Å². The molecule has 0 aliphatic carbocycles. The normalized spacial score (nSPS) is 19.3. The lowest BCUT2D eigenvalue weighted by Crippen LogP contribution is -2.46. The van der Waals surface area contributed by atoms with Gasteiger partial charge in [-0.25, -0.2) is 4.79 Å². The highest BCUT2D eigenvalue weighted by Gasteiger charge is 2.55. The van der Waals surface area contributed by atoms with Crippen LogP contribution >= 0.6 is 0 Å². The molecule has 1 N–H and O–H groups in total. The van der Waals surface area contributed by atoms with E-state index in [4.69, 9.17) is 23.7 Å². The Kier molecular flexibility index (Phi) is 7.02. The summed E-state index contributed by atoms with van der Waals surface area (Å²) in [6.45, 7) is 0.212. The zero-order valence-electron chi connectivity index (χ0n) is 20.2. The number of carbonyl (C=O) groups is 1. The number of methoxy groups -OCH3 is 4. The molecular formula is C27H29NO7. The number of amides is 1. The van der Waals surface area contributed by atoms with Crippen LogP contribution in [0.25, 0.3) is 0 Å². The Morgan fingerprint density at radius 2 is 1.43 bits per heavy atom. The number of benzene rings is 3. The molecule has 3 aromatic rings. The van der Waals surface area contributed by atoms with Crippen LogP contribution in [0, 0.1) is 0 Å². The van der Waals surface area contributed by atoms with Crippen LogP contribution in [0.4, 0.5) is 4.79 Å². The van der Waals surface area contributed by atoms with E-state index in [2.05, 4.69) is 0 Å². The second-order valence-electron chi connectivity index (χ2n) is 8.08. The lowest BCUT2D eigenvalue weighted by Gasteiger charge is -2.35. The molecule has 35 heavy (non-hydrogen) atoms. The Bertz CT molecular complexity index is 1160. The van der Waals surface area contributed by atoms with Crippen molar-refractivity contribution in [2.45, 2.75) is 18.2 Å². The van der Waals surface area contributed by atoms with Crippen molar-refractivity contribution >= 4 is 6.09 Å². The van der Waals surface area contributed by atoms with E-state index in [1.807, 2.05) is 18.2 Å². The third-order valence-corrected chi connectivity index (χ3v) is 6.22. The molecule has 1 aliphatic heterocycles. The first-order chi connectivity index (χ1) is 16.9. The average molecular weight is 480 g/mol. The highest BCUT2D eigenvalue weighted by molar-refractivity contribution is 5.72. The predicted octanol–water partition coefficient (Wildman–Crippen LogP) is 4.30. The molecule has 0 bridgehead atoms. The summed E-state index contributed by atoms with van der Waals surface area (Å²) in [6, 6.07) is 19.6. The van der Waals surface area contributed by atoms with E-state index in [9.17, 15) is 9.90 Å². The molecule has 4 rings (SSSR count). The first-order valence-electron chi connectivity index (χ1n) is 11.1. The van der Waals surface area contributed by atoms with E-state index < -0.39 is 17.9 Å². The van der Waals surface area contributed by atoms with Gasteiger partial charge in [-0.2, -0.15) is 0 Å². The molecule has 0 saturated carbocycles.